The molecular formula is C13H12N2O2. The molecular weight excluding hydrogens is 216 g/mol. The molecule has 0 heterocycles. The van der Waals surface area contributed by atoms with Crippen molar-refractivity contribution in [3.8, 4) is 23.6 Å². The van der Waals surface area contributed by atoms with Gasteiger partial charge >= 0.3 is 0 Å². The molecule has 0 saturated carbocycles. The lowest BCUT2D eigenvalue weighted by Crippen LogP contribution is -1.93. The molecule has 0 radical (unpaired) electrons. The van der Waals surface area contributed by atoms with Crippen molar-refractivity contribution >= 4 is 6.08 Å². The number of aromatic hydroxyl groups is 1. The summed E-state index contributed by atoms with van der Waals surface area (Å²) >= 11 is 0. The molecule has 0 aliphatic heterocycles. The molecule has 0 atom stereocenters. The smallest absolute Gasteiger partial charge is 0.165 e. The van der Waals surface area contributed by atoms with Crippen molar-refractivity contribution in [3.63, 3.8) is 0 Å². The Bertz CT molecular complexity index is 544. The summed E-state index contributed by atoms with van der Waals surface area (Å²) in [6.07, 6.45) is 1.34. The van der Waals surface area contributed by atoms with Crippen LogP contribution in [0.2, 0.25) is 0 Å². The zero-order chi connectivity index (χ0) is 13.0. The van der Waals surface area contributed by atoms with Crippen molar-refractivity contribution in [2.45, 2.75) is 13.8 Å². The van der Waals surface area contributed by atoms with Gasteiger partial charge in [-0.15, -0.1) is 0 Å². The fraction of sp³-hybridized carbons (Fsp3) is 0.231. The van der Waals surface area contributed by atoms with E-state index in [0.29, 0.717) is 11.3 Å². The van der Waals surface area contributed by atoms with Crippen LogP contribution < -0.4 is 4.74 Å². The van der Waals surface area contributed by atoms with Gasteiger partial charge in [-0.3, -0.25) is 0 Å². The molecule has 0 bridgehead atoms. The van der Waals surface area contributed by atoms with Crippen LogP contribution in [0.25, 0.3) is 6.08 Å². The molecule has 1 rings (SSSR count). The Kier molecular flexibility index (Phi) is 3.74. The van der Waals surface area contributed by atoms with Gasteiger partial charge in [0, 0.05) is 5.56 Å². The molecule has 0 saturated heterocycles. The highest BCUT2D eigenvalue weighted by Crippen LogP contribution is 2.36. The Hall–Kier alpha value is -2.46. The monoisotopic (exact) mass is 228 g/mol. The first-order valence-electron chi connectivity index (χ1n) is 4.94. The molecule has 1 aromatic rings. The van der Waals surface area contributed by atoms with Crippen molar-refractivity contribution < 1.29 is 9.84 Å². The van der Waals surface area contributed by atoms with Gasteiger partial charge in [-0.2, -0.15) is 10.5 Å². The molecule has 17 heavy (non-hydrogen) atoms. The average Bonchev–Trinajstić information content (AvgIpc) is 2.33. The first kappa shape index (κ1) is 12.6. The summed E-state index contributed by atoms with van der Waals surface area (Å²) in [4.78, 5) is 0. The Labute approximate surface area is 100.0 Å². The molecule has 0 spiro atoms. The van der Waals surface area contributed by atoms with Crippen LogP contribution in [0.4, 0.5) is 0 Å². The van der Waals surface area contributed by atoms with Crippen LogP contribution in [0.1, 0.15) is 16.7 Å². The van der Waals surface area contributed by atoms with Crippen LogP contribution >= 0.6 is 0 Å². The van der Waals surface area contributed by atoms with Gasteiger partial charge in [0.1, 0.15) is 17.7 Å². The van der Waals surface area contributed by atoms with Gasteiger partial charge in [0.25, 0.3) is 0 Å². The molecule has 0 aliphatic carbocycles. The minimum atomic E-state index is -0.0643. The Morgan fingerprint density at radius 2 is 1.94 bits per heavy atom. The fourth-order valence-electron chi connectivity index (χ4n) is 1.50. The van der Waals surface area contributed by atoms with Crippen LogP contribution in [0, 0.1) is 36.5 Å². The van der Waals surface area contributed by atoms with Crippen molar-refractivity contribution in [2.24, 2.45) is 0 Å². The van der Waals surface area contributed by atoms with Crippen LogP contribution in [-0.4, -0.2) is 12.2 Å². The van der Waals surface area contributed by atoms with E-state index < -0.39 is 0 Å². The lowest BCUT2D eigenvalue weighted by molar-refractivity contribution is 0.370. The van der Waals surface area contributed by atoms with Crippen LogP contribution in [0.5, 0.6) is 11.5 Å². The van der Waals surface area contributed by atoms with E-state index in [2.05, 4.69) is 0 Å². The second kappa shape index (κ2) is 5.05. The van der Waals surface area contributed by atoms with Crippen LogP contribution in [-0.2, 0) is 0 Å². The normalized spacial score (nSPS) is 9.00. The topological polar surface area (TPSA) is 77.0 Å². The number of nitrogens with zero attached hydrogens (tertiary/aromatic N) is 2. The first-order valence-corrected chi connectivity index (χ1v) is 4.94. The Balaban J connectivity index is 3.49. The molecule has 0 unspecified atom stereocenters. The first-order chi connectivity index (χ1) is 8.04. The number of nitriles is 2. The van der Waals surface area contributed by atoms with Gasteiger partial charge in [-0.1, -0.05) is 0 Å². The number of benzene rings is 1. The number of aryl methyl sites for hydroxylation is 1. The third kappa shape index (κ3) is 2.38. The van der Waals surface area contributed by atoms with Gasteiger partial charge in [0.15, 0.2) is 11.5 Å². The Morgan fingerprint density at radius 1 is 1.35 bits per heavy atom. The quantitative estimate of drug-likeness (QED) is 0.788. The van der Waals surface area contributed by atoms with Crippen molar-refractivity contribution in [1.29, 1.82) is 10.5 Å². The number of methoxy groups -OCH3 is 1. The van der Waals surface area contributed by atoms with E-state index >= 15 is 0 Å². The van der Waals surface area contributed by atoms with Crippen LogP contribution in [0.15, 0.2) is 11.6 Å². The standard InChI is InChI=1S/C13H12N2O2/c1-8-4-11(5-10(6-14)7-15)12(16)13(17-3)9(8)2/h4-5,16H,1-3H3. The van der Waals surface area contributed by atoms with Gasteiger partial charge in [0.2, 0.25) is 0 Å². The molecule has 4 heteroatoms. The molecule has 0 aliphatic rings. The van der Waals surface area contributed by atoms with Gasteiger partial charge in [-0.05, 0) is 37.1 Å². The van der Waals surface area contributed by atoms with Crippen LogP contribution in [0.3, 0.4) is 0 Å². The highest BCUT2D eigenvalue weighted by molar-refractivity contribution is 5.70. The lowest BCUT2D eigenvalue weighted by Gasteiger charge is -2.12. The van der Waals surface area contributed by atoms with Crippen molar-refractivity contribution in [2.75, 3.05) is 7.11 Å². The SMILES string of the molecule is COc1c(C)c(C)cc(C=C(C#N)C#N)c1O. The molecule has 0 amide bonds. The predicted octanol–water partition coefficient (Wildman–Crippen LogP) is 2.45. The Morgan fingerprint density at radius 3 is 2.41 bits per heavy atom. The number of phenols is 1. The second-order valence-electron chi connectivity index (χ2n) is 3.57. The largest absolute Gasteiger partial charge is 0.504 e. The molecule has 4 nitrogen and oxygen atoms in total. The number of ether oxygens (including phenoxy) is 1. The maximum atomic E-state index is 9.95. The number of hydrogen-bond acceptors (Lipinski definition) is 4. The zero-order valence-electron chi connectivity index (χ0n) is 9.90. The van der Waals surface area contributed by atoms with E-state index in [0.717, 1.165) is 11.1 Å². The highest BCUT2D eigenvalue weighted by atomic mass is 16.5. The minimum Gasteiger partial charge on any atom is -0.504 e. The van der Waals surface area contributed by atoms with E-state index in [-0.39, 0.29) is 11.3 Å². The number of rotatable bonds is 2. The van der Waals surface area contributed by atoms with E-state index in [1.54, 1.807) is 18.2 Å². The minimum absolute atomic E-state index is 0.0569. The van der Waals surface area contributed by atoms with Crippen molar-refractivity contribution in [3.05, 3.63) is 28.3 Å². The predicted molar refractivity (Wildman–Crippen MR) is 63.3 cm³/mol. The lowest BCUT2D eigenvalue weighted by atomic mass is 10.0. The molecule has 1 aromatic carbocycles. The maximum absolute atomic E-state index is 9.95. The summed E-state index contributed by atoms with van der Waals surface area (Å²) in [7, 11) is 1.46. The summed E-state index contributed by atoms with van der Waals surface area (Å²) in [6.45, 7) is 3.70. The van der Waals surface area contributed by atoms with E-state index in [4.69, 9.17) is 15.3 Å². The maximum Gasteiger partial charge on any atom is 0.165 e. The second-order valence-corrected chi connectivity index (χ2v) is 3.57. The molecule has 0 fully saturated rings. The zero-order valence-corrected chi connectivity index (χ0v) is 9.90. The summed E-state index contributed by atoms with van der Waals surface area (Å²) in [5, 5.41) is 27.3. The number of allylic oxidation sites excluding steroid dienone is 1. The molecule has 1 N–H and O–H groups in total. The molecule has 0 aromatic heterocycles. The fourth-order valence-corrected chi connectivity index (χ4v) is 1.50. The average molecular weight is 228 g/mol. The van der Waals surface area contributed by atoms with E-state index in [1.807, 2.05) is 13.8 Å². The highest BCUT2D eigenvalue weighted by Gasteiger charge is 2.12. The van der Waals surface area contributed by atoms with E-state index in [9.17, 15) is 5.11 Å². The van der Waals surface area contributed by atoms with Gasteiger partial charge in [0.05, 0.1) is 7.11 Å². The molecule has 86 valence electrons. The summed E-state index contributed by atoms with van der Waals surface area (Å²) in [6, 6.07) is 5.20. The van der Waals surface area contributed by atoms with Crippen molar-refractivity contribution in [1.82, 2.24) is 0 Å². The summed E-state index contributed by atoms with van der Waals surface area (Å²) in [5.41, 5.74) is 2.09. The summed E-state index contributed by atoms with van der Waals surface area (Å²) < 4.78 is 5.10. The van der Waals surface area contributed by atoms with E-state index in [1.165, 1.54) is 13.2 Å². The third-order valence-electron chi connectivity index (χ3n) is 2.54. The number of hydrogen-bond donors (Lipinski definition) is 1. The van der Waals surface area contributed by atoms with Gasteiger partial charge in [-0.25, -0.2) is 0 Å². The third-order valence-corrected chi connectivity index (χ3v) is 2.54. The summed E-state index contributed by atoms with van der Waals surface area (Å²) in [5.74, 6) is 0.310. The number of phenolic OH excluding ortho intramolecular Hbond substituents is 1. The van der Waals surface area contributed by atoms with Gasteiger partial charge < -0.3 is 9.84 Å².